The van der Waals surface area contributed by atoms with E-state index >= 15 is 0 Å². The SMILES string of the molecule is COc1ccc(OCCNC(=O)[C@@H](C)N(c2cc(Cl)ccc2C)S(C)(=O)=O)cc1. The molecule has 0 radical (unpaired) electrons. The quantitative estimate of drug-likeness (QED) is 0.606. The van der Waals surface area contributed by atoms with Gasteiger partial charge in [0.2, 0.25) is 15.9 Å². The number of methoxy groups -OCH3 is 1. The second-order valence-corrected chi connectivity index (χ2v) is 8.78. The van der Waals surface area contributed by atoms with Gasteiger partial charge in [-0.15, -0.1) is 0 Å². The fourth-order valence-electron chi connectivity index (χ4n) is 2.76. The summed E-state index contributed by atoms with van der Waals surface area (Å²) in [5.74, 6) is 0.921. The Labute approximate surface area is 176 Å². The molecule has 1 N–H and O–H groups in total. The number of benzene rings is 2. The topological polar surface area (TPSA) is 84.9 Å². The molecule has 0 aliphatic rings. The molecular formula is C20H25ClN2O5S. The molecule has 0 saturated carbocycles. The number of hydrogen-bond acceptors (Lipinski definition) is 5. The Kier molecular flexibility index (Phi) is 7.75. The molecule has 1 atom stereocenters. The van der Waals surface area contributed by atoms with Gasteiger partial charge in [0.15, 0.2) is 0 Å². The maximum Gasteiger partial charge on any atom is 0.243 e. The lowest BCUT2D eigenvalue weighted by molar-refractivity contribution is -0.121. The predicted octanol–water partition coefficient (Wildman–Crippen LogP) is 3.01. The van der Waals surface area contributed by atoms with Gasteiger partial charge in [0.05, 0.1) is 25.6 Å². The third-order valence-corrected chi connectivity index (χ3v) is 5.69. The first kappa shape index (κ1) is 22.8. The number of aryl methyl sites for hydroxylation is 1. The number of nitrogens with one attached hydrogen (secondary N) is 1. The molecule has 0 fully saturated rings. The highest BCUT2D eigenvalue weighted by atomic mass is 35.5. The number of carbonyl (C=O) groups excluding carboxylic acids is 1. The zero-order chi connectivity index (χ0) is 21.6. The summed E-state index contributed by atoms with van der Waals surface area (Å²) in [6, 6.07) is 11.0. The van der Waals surface area contributed by atoms with Crippen LogP contribution in [0.5, 0.6) is 11.5 Å². The summed E-state index contributed by atoms with van der Waals surface area (Å²) in [6.45, 7) is 3.75. The molecule has 9 heteroatoms. The van der Waals surface area contributed by atoms with Crippen molar-refractivity contribution in [2.75, 3.05) is 30.8 Å². The van der Waals surface area contributed by atoms with Gasteiger partial charge < -0.3 is 14.8 Å². The van der Waals surface area contributed by atoms with E-state index in [-0.39, 0.29) is 13.2 Å². The van der Waals surface area contributed by atoms with Crippen molar-refractivity contribution in [1.29, 1.82) is 0 Å². The van der Waals surface area contributed by atoms with Crippen LogP contribution in [0.15, 0.2) is 42.5 Å². The first-order chi connectivity index (χ1) is 13.6. The molecule has 0 aliphatic carbocycles. The van der Waals surface area contributed by atoms with Crippen molar-refractivity contribution in [2.24, 2.45) is 0 Å². The molecule has 0 aromatic heterocycles. The molecule has 0 unspecified atom stereocenters. The Balaban J connectivity index is 2.01. The summed E-state index contributed by atoms with van der Waals surface area (Å²) in [5, 5.41) is 3.09. The van der Waals surface area contributed by atoms with E-state index in [9.17, 15) is 13.2 Å². The summed E-state index contributed by atoms with van der Waals surface area (Å²) in [5.41, 5.74) is 1.07. The third-order valence-electron chi connectivity index (χ3n) is 4.23. The Bertz CT molecular complexity index is 948. The molecule has 2 aromatic carbocycles. The van der Waals surface area contributed by atoms with Crippen LogP contribution in [0.4, 0.5) is 5.69 Å². The Hall–Kier alpha value is -2.45. The molecular weight excluding hydrogens is 416 g/mol. The van der Waals surface area contributed by atoms with Gasteiger partial charge in [0.25, 0.3) is 0 Å². The highest BCUT2D eigenvalue weighted by Gasteiger charge is 2.30. The number of hydrogen-bond donors (Lipinski definition) is 1. The van der Waals surface area contributed by atoms with Crippen molar-refractivity contribution < 1.29 is 22.7 Å². The normalized spacial score (nSPS) is 12.2. The van der Waals surface area contributed by atoms with Gasteiger partial charge in [-0.1, -0.05) is 17.7 Å². The van der Waals surface area contributed by atoms with Gasteiger partial charge >= 0.3 is 0 Å². The highest BCUT2D eigenvalue weighted by molar-refractivity contribution is 7.92. The fourth-order valence-corrected chi connectivity index (χ4v) is 4.15. The lowest BCUT2D eigenvalue weighted by Crippen LogP contribution is -2.48. The lowest BCUT2D eigenvalue weighted by Gasteiger charge is -2.29. The molecule has 2 aromatic rings. The minimum absolute atomic E-state index is 0.224. The number of ether oxygens (including phenoxy) is 2. The van der Waals surface area contributed by atoms with Crippen LogP contribution in [0.1, 0.15) is 12.5 Å². The van der Waals surface area contributed by atoms with E-state index in [0.717, 1.165) is 16.3 Å². The van der Waals surface area contributed by atoms with E-state index in [0.29, 0.717) is 22.0 Å². The Morgan fingerprint density at radius 3 is 2.38 bits per heavy atom. The molecule has 7 nitrogen and oxygen atoms in total. The van der Waals surface area contributed by atoms with E-state index in [2.05, 4.69) is 5.32 Å². The van der Waals surface area contributed by atoms with Crippen LogP contribution in [0.25, 0.3) is 0 Å². The predicted molar refractivity (Wildman–Crippen MR) is 114 cm³/mol. The molecule has 0 bridgehead atoms. The number of amides is 1. The number of anilines is 1. The fraction of sp³-hybridized carbons (Fsp3) is 0.350. The summed E-state index contributed by atoms with van der Waals surface area (Å²) >= 11 is 6.03. The minimum Gasteiger partial charge on any atom is -0.497 e. The van der Waals surface area contributed by atoms with Crippen LogP contribution in [-0.4, -0.2) is 46.9 Å². The zero-order valence-corrected chi connectivity index (χ0v) is 18.4. The monoisotopic (exact) mass is 440 g/mol. The minimum atomic E-state index is -3.71. The lowest BCUT2D eigenvalue weighted by atomic mass is 10.2. The summed E-state index contributed by atoms with van der Waals surface area (Å²) in [6.07, 6.45) is 1.06. The van der Waals surface area contributed by atoms with Crippen LogP contribution in [0.3, 0.4) is 0 Å². The molecule has 0 aliphatic heterocycles. The molecule has 29 heavy (non-hydrogen) atoms. The van der Waals surface area contributed by atoms with Crippen molar-refractivity contribution in [3.05, 3.63) is 53.1 Å². The van der Waals surface area contributed by atoms with Crippen LogP contribution in [0, 0.1) is 6.92 Å². The molecule has 1 amide bonds. The highest BCUT2D eigenvalue weighted by Crippen LogP contribution is 2.28. The smallest absolute Gasteiger partial charge is 0.243 e. The van der Waals surface area contributed by atoms with Crippen LogP contribution < -0.4 is 19.1 Å². The largest absolute Gasteiger partial charge is 0.497 e. The standard InChI is InChI=1S/C20H25ClN2O5S/c1-14-5-6-16(21)13-19(14)23(29(4,25)26)15(2)20(24)22-11-12-28-18-9-7-17(27-3)8-10-18/h5-10,13,15H,11-12H2,1-4H3,(H,22,24)/t15-/m1/s1. The molecule has 0 saturated heterocycles. The maximum absolute atomic E-state index is 12.6. The van der Waals surface area contributed by atoms with Gasteiger partial charge in [-0.25, -0.2) is 8.42 Å². The van der Waals surface area contributed by atoms with Crippen molar-refractivity contribution in [1.82, 2.24) is 5.32 Å². The van der Waals surface area contributed by atoms with E-state index in [1.807, 2.05) is 0 Å². The molecule has 0 heterocycles. The summed E-state index contributed by atoms with van der Waals surface area (Å²) < 4.78 is 36.5. The number of rotatable bonds is 9. The van der Waals surface area contributed by atoms with Gasteiger partial charge in [0.1, 0.15) is 24.1 Å². The number of carbonyl (C=O) groups is 1. The van der Waals surface area contributed by atoms with Crippen molar-refractivity contribution >= 4 is 33.2 Å². The van der Waals surface area contributed by atoms with E-state index in [1.54, 1.807) is 50.4 Å². The second-order valence-electron chi connectivity index (χ2n) is 6.48. The van der Waals surface area contributed by atoms with Crippen LogP contribution >= 0.6 is 11.6 Å². The van der Waals surface area contributed by atoms with Crippen molar-refractivity contribution in [2.45, 2.75) is 19.9 Å². The van der Waals surface area contributed by atoms with Gasteiger partial charge in [-0.2, -0.15) is 0 Å². The summed E-state index contributed by atoms with van der Waals surface area (Å²) in [7, 11) is -2.13. The van der Waals surface area contributed by atoms with E-state index in [1.165, 1.54) is 13.0 Å². The van der Waals surface area contributed by atoms with E-state index in [4.69, 9.17) is 21.1 Å². The van der Waals surface area contributed by atoms with Crippen LogP contribution in [-0.2, 0) is 14.8 Å². The number of halogens is 1. The average molecular weight is 441 g/mol. The zero-order valence-electron chi connectivity index (χ0n) is 16.8. The molecule has 0 spiro atoms. The first-order valence-corrected chi connectivity index (χ1v) is 11.2. The maximum atomic E-state index is 12.6. The Morgan fingerprint density at radius 2 is 1.79 bits per heavy atom. The average Bonchev–Trinajstić information content (AvgIpc) is 2.67. The molecule has 2 rings (SSSR count). The second kappa shape index (κ2) is 9.84. The molecule has 158 valence electrons. The Morgan fingerprint density at radius 1 is 1.17 bits per heavy atom. The number of sulfonamides is 1. The van der Waals surface area contributed by atoms with E-state index < -0.39 is 22.0 Å². The number of nitrogens with zero attached hydrogens (tertiary/aromatic N) is 1. The van der Waals surface area contributed by atoms with Crippen LogP contribution in [0.2, 0.25) is 5.02 Å². The van der Waals surface area contributed by atoms with Gasteiger partial charge in [-0.05, 0) is 55.8 Å². The first-order valence-electron chi connectivity index (χ1n) is 8.93. The van der Waals surface area contributed by atoms with Crippen molar-refractivity contribution in [3.63, 3.8) is 0 Å². The summed E-state index contributed by atoms with van der Waals surface area (Å²) in [4.78, 5) is 12.6. The third kappa shape index (κ3) is 6.27. The van der Waals surface area contributed by atoms with Gasteiger partial charge in [0, 0.05) is 5.02 Å². The van der Waals surface area contributed by atoms with Crippen molar-refractivity contribution in [3.8, 4) is 11.5 Å². The van der Waals surface area contributed by atoms with Gasteiger partial charge in [-0.3, -0.25) is 9.10 Å².